The SMILES string of the molecule is CO/N=C1\C=C2CC[C@@H]3[C@H](CC[C@@]4(C)[C@H]3C[C@@H]3CCCC[C@@]34C(C)=O)[C@@]2(C)CC1. The van der Waals surface area contributed by atoms with Crippen LogP contribution in [0.2, 0.25) is 0 Å². The van der Waals surface area contributed by atoms with Gasteiger partial charge in [0.2, 0.25) is 0 Å². The molecule has 5 aliphatic carbocycles. The largest absolute Gasteiger partial charge is 0.399 e. The summed E-state index contributed by atoms with van der Waals surface area (Å²) in [7, 11) is 1.66. The molecule has 5 rings (SSSR count). The van der Waals surface area contributed by atoms with Gasteiger partial charge in [0.05, 0.1) is 5.71 Å². The first-order chi connectivity index (χ1) is 13.9. The lowest BCUT2D eigenvalue weighted by Gasteiger charge is -2.60. The predicted octanol–water partition coefficient (Wildman–Crippen LogP) is 6.33. The molecule has 0 bridgehead atoms. The third-order valence-corrected chi connectivity index (χ3v) is 10.8. The van der Waals surface area contributed by atoms with E-state index in [-0.39, 0.29) is 10.8 Å². The first kappa shape index (κ1) is 19.8. The van der Waals surface area contributed by atoms with Gasteiger partial charge in [-0.3, -0.25) is 4.79 Å². The number of ketones is 1. The van der Waals surface area contributed by atoms with E-state index in [1.807, 2.05) is 6.92 Å². The van der Waals surface area contributed by atoms with Gasteiger partial charge in [0, 0.05) is 5.41 Å². The van der Waals surface area contributed by atoms with Crippen LogP contribution < -0.4 is 0 Å². The lowest BCUT2D eigenvalue weighted by Crippen LogP contribution is -2.55. The zero-order valence-corrected chi connectivity index (χ0v) is 18.9. The van der Waals surface area contributed by atoms with Crippen molar-refractivity contribution in [2.75, 3.05) is 7.11 Å². The summed E-state index contributed by atoms with van der Waals surface area (Å²) in [4.78, 5) is 18.2. The van der Waals surface area contributed by atoms with E-state index in [0.29, 0.717) is 17.1 Å². The fourth-order valence-electron chi connectivity index (χ4n) is 9.56. The molecule has 0 aromatic carbocycles. The molecule has 0 unspecified atom stereocenters. The fraction of sp³-hybridized carbons (Fsp3) is 0.846. The molecule has 0 N–H and O–H groups in total. The molecule has 3 heteroatoms. The Morgan fingerprint density at radius 1 is 1.07 bits per heavy atom. The van der Waals surface area contributed by atoms with Gasteiger partial charge in [0.25, 0.3) is 0 Å². The van der Waals surface area contributed by atoms with Gasteiger partial charge in [0.1, 0.15) is 12.9 Å². The average Bonchev–Trinajstić information content (AvgIpc) is 2.98. The number of hydrogen-bond acceptors (Lipinski definition) is 3. The third kappa shape index (κ3) is 2.48. The fourth-order valence-corrected chi connectivity index (χ4v) is 9.56. The van der Waals surface area contributed by atoms with Gasteiger partial charge in [-0.25, -0.2) is 0 Å². The van der Waals surface area contributed by atoms with Crippen molar-refractivity contribution in [2.24, 2.45) is 45.1 Å². The number of allylic oxidation sites excluding steroid dienone is 2. The molecule has 5 aliphatic rings. The van der Waals surface area contributed by atoms with Gasteiger partial charge in [-0.15, -0.1) is 0 Å². The number of Topliss-reactive ketones (excluding diaryl/α,β-unsaturated/α-hetero) is 1. The van der Waals surface area contributed by atoms with Crippen molar-refractivity contribution < 1.29 is 9.63 Å². The number of oxime groups is 1. The second kappa shape index (κ2) is 6.69. The predicted molar refractivity (Wildman–Crippen MR) is 117 cm³/mol. The van der Waals surface area contributed by atoms with Crippen molar-refractivity contribution in [1.82, 2.24) is 0 Å². The Hall–Kier alpha value is -1.12. The standard InChI is InChI=1S/C26H39NO2/c1-17(28)26-12-6-5-7-19(26)16-23-21-9-8-18-15-20(27-29-4)10-13-24(18,2)22(21)11-14-25(23,26)3/h15,19,21-23H,5-14,16H2,1-4H3/b27-20-/t19-,21+,22-,23-,24-,25-,26+/m0/s1. The number of rotatable bonds is 2. The molecule has 4 saturated carbocycles. The molecule has 0 amide bonds. The number of fused-ring (bicyclic) bond motifs is 7. The Morgan fingerprint density at radius 2 is 1.90 bits per heavy atom. The Labute approximate surface area is 176 Å². The van der Waals surface area contributed by atoms with Crippen LogP contribution in [0.1, 0.15) is 91.4 Å². The van der Waals surface area contributed by atoms with E-state index in [1.165, 1.54) is 57.8 Å². The Bertz CT molecular complexity index is 769. The summed E-state index contributed by atoms with van der Waals surface area (Å²) in [6.45, 7) is 7.02. The monoisotopic (exact) mass is 397 g/mol. The summed E-state index contributed by atoms with van der Waals surface area (Å²) < 4.78 is 0. The highest BCUT2D eigenvalue weighted by molar-refractivity contribution is 5.96. The van der Waals surface area contributed by atoms with E-state index in [4.69, 9.17) is 4.84 Å². The van der Waals surface area contributed by atoms with E-state index in [0.717, 1.165) is 36.3 Å². The smallest absolute Gasteiger partial charge is 0.136 e. The van der Waals surface area contributed by atoms with Crippen molar-refractivity contribution in [2.45, 2.75) is 91.4 Å². The summed E-state index contributed by atoms with van der Waals surface area (Å²) in [5.41, 5.74) is 3.30. The van der Waals surface area contributed by atoms with Gasteiger partial charge in [-0.2, -0.15) is 0 Å². The molecule has 0 radical (unpaired) electrons. The lowest BCUT2D eigenvalue weighted by atomic mass is 9.44. The molecule has 3 nitrogen and oxygen atoms in total. The first-order valence-electron chi connectivity index (χ1n) is 12.2. The maximum absolute atomic E-state index is 13.2. The van der Waals surface area contributed by atoms with Crippen LogP contribution in [0.15, 0.2) is 16.8 Å². The zero-order valence-electron chi connectivity index (χ0n) is 18.9. The summed E-state index contributed by atoms with van der Waals surface area (Å²) >= 11 is 0. The molecule has 0 aromatic heterocycles. The normalized spacial score (nSPS) is 50.1. The highest BCUT2D eigenvalue weighted by Gasteiger charge is 2.69. The molecule has 4 fully saturated rings. The van der Waals surface area contributed by atoms with E-state index in [1.54, 1.807) is 12.7 Å². The van der Waals surface area contributed by atoms with Crippen LogP contribution in [0.25, 0.3) is 0 Å². The van der Waals surface area contributed by atoms with Crippen molar-refractivity contribution >= 4 is 11.5 Å². The molecular weight excluding hydrogens is 358 g/mol. The zero-order chi connectivity index (χ0) is 20.4. The van der Waals surface area contributed by atoms with E-state index in [2.05, 4.69) is 25.1 Å². The van der Waals surface area contributed by atoms with E-state index >= 15 is 0 Å². The van der Waals surface area contributed by atoms with Gasteiger partial charge in [-0.05, 0) is 105 Å². The van der Waals surface area contributed by atoms with Gasteiger partial charge < -0.3 is 4.84 Å². The summed E-state index contributed by atoms with van der Waals surface area (Å²) in [6, 6.07) is 0. The second-order valence-corrected chi connectivity index (χ2v) is 11.4. The molecule has 0 aliphatic heterocycles. The van der Waals surface area contributed by atoms with E-state index in [9.17, 15) is 4.79 Å². The summed E-state index contributed by atoms with van der Waals surface area (Å²) in [5, 5.41) is 4.25. The van der Waals surface area contributed by atoms with Crippen LogP contribution in [0.4, 0.5) is 0 Å². The van der Waals surface area contributed by atoms with E-state index < -0.39 is 0 Å². The second-order valence-electron chi connectivity index (χ2n) is 11.4. The third-order valence-electron chi connectivity index (χ3n) is 10.8. The Balaban J connectivity index is 1.50. The number of hydrogen-bond donors (Lipinski definition) is 0. The molecule has 29 heavy (non-hydrogen) atoms. The maximum atomic E-state index is 13.2. The lowest BCUT2D eigenvalue weighted by molar-refractivity contribution is -0.147. The Morgan fingerprint density at radius 3 is 2.66 bits per heavy atom. The molecular formula is C26H39NO2. The minimum Gasteiger partial charge on any atom is -0.399 e. The Kier molecular flexibility index (Phi) is 4.57. The topological polar surface area (TPSA) is 38.7 Å². The average molecular weight is 398 g/mol. The van der Waals surface area contributed by atoms with Crippen molar-refractivity contribution in [1.29, 1.82) is 0 Å². The number of nitrogens with zero attached hydrogens (tertiary/aromatic N) is 1. The van der Waals surface area contributed by atoms with Crippen LogP contribution in [0, 0.1) is 39.9 Å². The minimum atomic E-state index is -0.0111. The number of carbonyl (C=O) groups excluding carboxylic acids is 1. The van der Waals surface area contributed by atoms with Crippen LogP contribution in [0.3, 0.4) is 0 Å². The summed E-state index contributed by atoms with van der Waals surface area (Å²) in [6.07, 6.45) is 16.1. The quantitative estimate of drug-likeness (QED) is 0.511. The van der Waals surface area contributed by atoms with Gasteiger partial charge >= 0.3 is 0 Å². The van der Waals surface area contributed by atoms with Crippen molar-refractivity contribution in [3.63, 3.8) is 0 Å². The minimum absolute atomic E-state index is 0.0111. The first-order valence-corrected chi connectivity index (χ1v) is 12.2. The molecule has 0 saturated heterocycles. The van der Waals surface area contributed by atoms with Crippen molar-refractivity contribution in [3.05, 3.63) is 11.6 Å². The van der Waals surface area contributed by atoms with Crippen LogP contribution in [0.5, 0.6) is 0 Å². The molecule has 160 valence electrons. The summed E-state index contributed by atoms with van der Waals surface area (Å²) in [5.74, 6) is 3.51. The molecule has 0 spiro atoms. The van der Waals surface area contributed by atoms with Gasteiger partial charge in [-0.1, -0.05) is 37.4 Å². The molecule has 0 aromatic rings. The van der Waals surface area contributed by atoms with Crippen LogP contribution in [-0.4, -0.2) is 18.6 Å². The van der Waals surface area contributed by atoms with Gasteiger partial charge in [0.15, 0.2) is 0 Å². The van der Waals surface area contributed by atoms with Crippen molar-refractivity contribution in [3.8, 4) is 0 Å². The van der Waals surface area contributed by atoms with Crippen LogP contribution in [-0.2, 0) is 9.63 Å². The number of carbonyl (C=O) groups is 1. The maximum Gasteiger partial charge on any atom is 0.136 e. The molecule has 7 atom stereocenters. The molecule has 0 heterocycles. The van der Waals surface area contributed by atoms with Crippen LogP contribution >= 0.6 is 0 Å². The highest BCUT2D eigenvalue weighted by atomic mass is 16.6. The highest BCUT2D eigenvalue weighted by Crippen LogP contribution is 2.74.